The maximum absolute atomic E-state index is 12.8. The molecule has 0 spiro atoms. The fraction of sp³-hybridized carbons (Fsp3) is 0.613. The quantitative estimate of drug-likeness (QED) is 0.312. The topological polar surface area (TPSA) is 35.9 Å². The molecule has 192 valence electrons. The third kappa shape index (κ3) is 8.45. The van der Waals surface area contributed by atoms with E-state index in [0.717, 1.165) is 76.4 Å². The first-order valence-corrected chi connectivity index (χ1v) is 14.0. The van der Waals surface area contributed by atoms with Crippen molar-refractivity contribution in [2.24, 2.45) is 16.8 Å². The number of hydrogen-bond acceptors (Lipinski definition) is 3. The molecule has 1 aliphatic heterocycles. The van der Waals surface area contributed by atoms with Gasteiger partial charge in [0, 0.05) is 38.3 Å². The highest BCUT2D eigenvalue weighted by atomic mass is 16.2. The van der Waals surface area contributed by atoms with E-state index in [0.29, 0.717) is 5.91 Å². The summed E-state index contributed by atoms with van der Waals surface area (Å²) in [7, 11) is 0. The molecule has 4 heteroatoms. The van der Waals surface area contributed by atoms with Gasteiger partial charge in [0.15, 0.2) is 0 Å². The van der Waals surface area contributed by atoms with Crippen LogP contribution in [0.5, 0.6) is 0 Å². The highest BCUT2D eigenvalue weighted by Crippen LogP contribution is 2.32. The number of amides is 1. The Balaban J connectivity index is 1.41. The van der Waals surface area contributed by atoms with Gasteiger partial charge in [-0.25, -0.2) is 0 Å². The smallest absolute Gasteiger partial charge is 0.225 e. The Hall–Kier alpha value is -2.20. The summed E-state index contributed by atoms with van der Waals surface area (Å²) in [6.07, 6.45) is 14.1. The Morgan fingerprint density at radius 2 is 1.89 bits per heavy atom. The van der Waals surface area contributed by atoms with Crippen LogP contribution in [0.2, 0.25) is 0 Å². The first-order valence-electron chi connectivity index (χ1n) is 14.0. The Labute approximate surface area is 214 Å². The molecule has 0 aromatic heterocycles. The monoisotopic (exact) mass is 477 g/mol. The molecule has 1 aromatic carbocycles. The largest absolute Gasteiger partial charge is 0.343 e. The molecule has 1 aromatic rings. The van der Waals surface area contributed by atoms with Crippen LogP contribution < -0.4 is 0 Å². The van der Waals surface area contributed by atoms with Crippen LogP contribution in [0.15, 0.2) is 47.5 Å². The summed E-state index contributed by atoms with van der Waals surface area (Å²) >= 11 is 0. The normalized spacial score (nSPS) is 19.6. The molecular weight excluding hydrogens is 430 g/mol. The number of carbonyl (C=O) groups is 1. The lowest BCUT2D eigenvalue weighted by Gasteiger charge is -2.30. The van der Waals surface area contributed by atoms with Gasteiger partial charge in [0.2, 0.25) is 5.91 Å². The predicted molar refractivity (Wildman–Crippen MR) is 150 cm³/mol. The number of piperidine rings is 1. The van der Waals surface area contributed by atoms with Gasteiger partial charge in [-0.3, -0.25) is 14.7 Å². The molecule has 4 nitrogen and oxygen atoms in total. The number of rotatable bonds is 12. The molecule has 1 unspecified atom stereocenters. The maximum atomic E-state index is 12.8. The predicted octanol–water partition coefficient (Wildman–Crippen LogP) is 6.77. The third-order valence-electron chi connectivity index (χ3n) is 7.83. The molecule has 3 rings (SSSR count). The van der Waals surface area contributed by atoms with Gasteiger partial charge in [0.25, 0.3) is 0 Å². The van der Waals surface area contributed by atoms with Crippen LogP contribution in [-0.4, -0.2) is 54.8 Å². The molecule has 0 saturated carbocycles. The average Bonchev–Trinajstić information content (AvgIpc) is 2.91. The first kappa shape index (κ1) is 27.4. The summed E-state index contributed by atoms with van der Waals surface area (Å²) in [6.45, 7) is 15.2. The molecule has 2 aliphatic rings. The number of benzene rings is 1. The van der Waals surface area contributed by atoms with Gasteiger partial charge in [-0.05, 0) is 92.9 Å². The van der Waals surface area contributed by atoms with Crippen molar-refractivity contribution in [2.75, 3.05) is 32.8 Å². The highest BCUT2D eigenvalue weighted by molar-refractivity contribution is 5.80. The number of allylic oxidation sites excluding steroid dienone is 3. The molecular formula is C31H47N3O. The lowest BCUT2D eigenvalue weighted by Crippen LogP contribution is -2.37. The second kappa shape index (κ2) is 14.4. The van der Waals surface area contributed by atoms with Gasteiger partial charge in [0.1, 0.15) is 0 Å². The number of aliphatic imine (C=N–C) groups is 1. The van der Waals surface area contributed by atoms with Gasteiger partial charge < -0.3 is 4.90 Å². The molecule has 35 heavy (non-hydrogen) atoms. The zero-order valence-corrected chi connectivity index (χ0v) is 22.5. The minimum absolute atomic E-state index is 0.165. The molecule has 1 atom stereocenters. The van der Waals surface area contributed by atoms with Gasteiger partial charge in [0.05, 0.1) is 6.67 Å². The summed E-state index contributed by atoms with van der Waals surface area (Å²) in [5.74, 6) is 1.34. The van der Waals surface area contributed by atoms with Crippen LogP contribution >= 0.6 is 0 Å². The highest BCUT2D eigenvalue weighted by Gasteiger charge is 2.25. The lowest BCUT2D eigenvalue weighted by molar-refractivity contribution is -0.135. The number of likely N-dealkylation sites (tertiary alicyclic amines) is 1. The average molecular weight is 478 g/mol. The van der Waals surface area contributed by atoms with Gasteiger partial charge >= 0.3 is 0 Å². The lowest BCUT2D eigenvalue weighted by atomic mass is 9.85. The number of nitrogens with zero attached hydrogens (tertiary/aromatic N) is 3. The number of carbonyl (C=O) groups excluding carboxylic acids is 1. The Bertz CT molecular complexity index is 862. The van der Waals surface area contributed by atoms with Crippen molar-refractivity contribution in [3.63, 3.8) is 0 Å². The van der Waals surface area contributed by atoms with Crippen molar-refractivity contribution >= 4 is 17.7 Å². The van der Waals surface area contributed by atoms with E-state index < -0.39 is 0 Å². The molecule has 0 radical (unpaired) electrons. The second-order valence-corrected chi connectivity index (χ2v) is 10.4. The Morgan fingerprint density at radius 1 is 1.14 bits per heavy atom. The van der Waals surface area contributed by atoms with Crippen molar-refractivity contribution in [3.05, 3.63) is 53.6 Å². The number of aryl methyl sites for hydroxylation is 1. The van der Waals surface area contributed by atoms with Gasteiger partial charge in [-0.1, -0.05) is 50.8 Å². The van der Waals surface area contributed by atoms with Crippen molar-refractivity contribution in [1.82, 2.24) is 9.80 Å². The van der Waals surface area contributed by atoms with Crippen LogP contribution in [-0.2, 0) is 11.2 Å². The summed E-state index contributed by atoms with van der Waals surface area (Å²) in [4.78, 5) is 21.8. The summed E-state index contributed by atoms with van der Waals surface area (Å²) < 4.78 is 0. The van der Waals surface area contributed by atoms with Crippen LogP contribution in [0, 0.1) is 11.8 Å². The Morgan fingerprint density at radius 3 is 2.49 bits per heavy atom. The van der Waals surface area contributed by atoms with Crippen LogP contribution in [0.3, 0.4) is 0 Å². The van der Waals surface area contributed by atoms with E-state index in [1.807, 2.05) is 11.1 Å². The van der Waals surface area contributed by atoms with E-state index in [4.69, 9.17) is 0 Å². The van der Waals surface area contributed by atoms with Gasteiger partial charge in [-0.15, -0.1) is 0 Å². The molecule has 1 heterocycles. The molecule has 1 aliphatic carbocycles. The van der Waals surface area contributed by atoms with E-state index in [1.54, 1.807) is 0 Å². The SMILES string of the molecule is C=C(/C=N\CN1CCC(CCc2ccc(C3=CCC(C(=O)N(CC)CCC)CC3)cc2)CC1)CC. The summed E-state index contributed by atoms with van der Waals surface area (Å²) in [6, 6.07) is 9.23. The zero-order valence-electron chi connectivity index (χ0n) is 22.5. The molecule has 0 bridgehead atoms. The summed E-state index contributed by atoms with van der Waals surface area (Å²) in [5.41, 5.74) is 5.30. The minimum atomic E-state index is 0.165. The fourth-order valence-corrected chi connectivity index (χ4v) is 5.32. The Kier molecular flexibility index (Phi) is 11.3. The molecule has 1 fully saturated rings. The van der Waals surface area contributed by atoms with Crippen molar-refractivity contribution < 1.29 is 4.79 Å². The second-order valence-electron chi connectivity index (χ2n) is 10.4. The van der Waals surface area contributed by atoms with Crippen LogP contribution in [0.25, 0.3) is 5.57 Å². The fourth-order valence-electron chi connectivity index (χ4n) is 5.32. The van der Waals surface area contributed by atoms with Crippen molar-refractivity contribution in [1.29, 1.82) is 0 Å². The van der Waals surface area contributed by atoms with E-state index in [-0.39, 0.29) is 5.92 Å². The standard InChI is InChI=1S/C31H47N3O/c1-5-20-34(7-3)31(35)30-16-14-29(15-17-30)28-12-10-26(11-13-28)8-9-27-18-21-33(22-19-27)24-32-23-25(4)6-2/h10-14,23,27,30H,4-9,15-22,24H2,1-3H3/b32-23-. The van der Waals surface area contributed by atoms with E-state index in [1.165, 1.54) is 42.4 Å². The van der Waals surface area contributed by atoms with Crippen LogP contribution in [0.4, 0.5) is 0 Å². The molecule has 1 saturated heterocycles. The maximum Gasteiger partial charge on any atom is 0.225 e. The molecule has 0 N–H and O–H groups in total. The van der Waals surface area contributed by atoms with E-state index in [2.05, 4.69) is 67.6 Å². The first-order chi connectivity index (χ1) is 17.0. The van der Waals surface area contributed by atoms with Crippen molar-refractivity contribution in [2.45, 2.75) is 78.6 Å². The third-order valence-corrected chi connectivity index (χ3v) is 7.83. The van der Waals surface area contributed by atoms with Crippen molar-refractivity contribution in [3.8, 4) is 0 Å². The zero-order chi connectivity index (χ0) is 25.0. The van der Waals surface area contributed by atoms with Gasteiger partial charge in [-0.2, -0.15) is 0 Å². The number of hydrogen-bond donors (Lipinski definition) is 0. The minimum Gasteiger partial charge on any atom is -0.343 e. The van der Waals surface area contributed by atoms with E-state index in [9.17, 15) is 4.79 Å². The van der Waals surface area contributed by atoms with Crippen LogP contribution in [0.1, 0.15) is 83.3 Å². The summed E-state index contributed by atoms with van der Waals surface area (Å²) in [5, 5.41) is 0. The molecule has 1 amide bonds. The van der Waals surface area contributed by atoms with E-state index >= 15 is 0 Å².